The summed E-state index contributed by atoms with van der Waals surface area (Å²) in [7, 11) is 1.38. The average molecular weight is 262 g/mol. The maximum Gasteiger partial charge on any atom is 0.419 e. The molecule has 0 aliphatic carbocycles. The Morgan fingerprint density at radius 3 is 2.69 bits per heavy atom. The van der Waals surface area contributed by atoms with Crippen LogP contribution in [0.25, 0.3) is 11.1 Å². The van der Waals surface area contributed by atoms with Gasteiger partial charge in [0.05, 0.1) is 10.4 Å². The number of fused-ring (bicyclic) bond motifs is 1. The third-order valence-corrected chi connectivity index (χ3v) is 3.59. The van der Waals surface area contributed by atoms with Gasteiger partial charge in [-0.15, -0.1) is 0 Å². The third-order valence-electron chi connectivity index (χ3n) is 2.24. The first kappa shape index (κ1) is 11.2. The maximum atomic E-state index is 11.3. The molecule has 0 N–H and O–H groups in total. The Kier molecular flexibility index (Phi) is 2.55. The van der Waals surface area contributed by atoms with E-state index >= 15 is 0 Å². The van der Waals surface area contributed by atoms with Gasteiger partial charge in [0.1, 0.15) is 0 Å². The summed E-state index contributed by atoms with van der Waals surface area (Å²) in [5.74, 6) is -0.512. The fourth-order valence-electron chi connectivity index (χ4n) is 1.50. The first-order valence-electron chi connectivity index (χ1n) is 4.51. The Morgan fingerprint density at radius 2 is 2.12 bits per heavy atom. The number of rotatable bonds is 2. The summed E-state index contributed by atoms with van der Waals surface area (Å²) in [6.45, 7) is 2.25. The zero-order valence-electron chi connectivity index (χ0n) is 8.31. The van der Waals surface area contributed by atoms with Crippen molar-refractivity contribution in [3.05, 3.63) is 28.7 Å². The minimum Gasteiger partial charge on any atom is -0.408 e. The second-order valence-electron chi connectivity index (χ2n) is 3.18. The molecule has 0 spiro atoms. The lowest BCUT2D eigenvalue weighted by Gasteiger charge is -1.97. The molecule has 86 valence electrons. The Bertz CT molecular complexity index is 698. The molecular weight excluding hydrogens is 254 g/mol. The van der Waals surface area contributed by atoms with Gasteiger partial charge in [0, 0.05) is 23.3 Å². The molecule has 2 aromatic rings. The zero-order chi connectivity index (χ0) is 11.9. The predicted molar refractivity (Wildman–Crippen MR) is 59.2 cm³/mol. The molecule has 2 rings (SSSR count). The van der Waals surface area contributed by atoms with Crippen molar-refractivity contribution < 1.29 is 12.8 Å². The number of nitrogens with zero attached hydrogens (tertiary/aromatic N) is 1. The molecule has 5 nitrogen and oxygen atoms in total. The van der Waals surface area contributed by atoms with Crippen molar-refractivity contribution in [2.24, 2.45) is 0 Å². The lowest BCUT2D eigenvalue weighted by atomic mass is 10.3. The van der Waals surface area contributed by atoms with Gasteiger partial charge in [0.25, 0.3) is 9.05 Å². The van der Waals surface area contributed by atoms with Gasteiger partial charge in [-0.1, -0.05) is 0 Å². The van der Waals surface area contributed by atoms with Crippen molar-refractivity contribution in [3.63, 3.8) is 0 Å². The molecule has 0 atom stereocenters. The second kappa shape index (κ2) is 3.64. The summed E-state index contributed by atoms with van der Waals surface area (Å²) in [6.07, 6.45) is 0. The highest BCUT2D eigenvalue weighted by Gasteiger charge is 2.14. The first-order valence-corrected chi connectivity index (χ1v) is 6.82. The van der Waals surface area contributed by atoms with Gasteiger partial charge in [-0.2, -0.15) is 0 Å². The van der Waals surface area contributed by atoms with E-state index in [2.05, 4.69) is 0 Å². The van der Waals surface area contributed by atoms with E-state index < -0.39 is 14.8 Å². The standard InChI is InChI=1S/C9H8ClNO4S/c1-2-11-7-4-3-6(16(10,13)14)5-8(7)15-9(11)12/h3-5H,2H2,1H3. The number of hydrogen-bond acceptors (Lipinski definition) is 4. The van der Waals surface area contributed by atoms with Crippen LogP contribution in [-0.4, -0.2) is 13.0 Å². The van der Waals surface area contributed by atoms with Gasteiger partial charge in [-0.05, 0) is 19.1 Å². The normalized spacial score (nSPS) is 12.1. The molecule has 0 amide bonds. The van der Waals surface area contributed by atoms with E-state index in [1.807, 2.05) is 0 Å². The van der Waals surface area contributed by atoms with Crippen LogP contribution in [0.4, 0.5) is 0 Å². The van der Waals surface area contributed by atoms with Crippen LogP contribution >= 0.6 is 10.7 Å². The number of oxazole rings is 1. The SMILES string of the molecule is CCn1c(=O)oc2cc(S(=O)(=O)Cl)ccc21. The van der Waals surface area contributed by atoms with Crippen LogP contribution < -0.4 is 5.76 Å². The summed E-state index contributed by atoms with van der Waals surface area (Å²) >= 11 is 0. The summed E-state index contributed by atoms with van der Waals surface area (Å²) in [5, 5.41) is 0. The minimum absolute atomic E-state index is 0.0846. The quantitative estimate of drug-likeness (QED) is 0.769. The lowest BCUT2D eigenvalue weighted by molar-refractivity contribution is 0.512. The molecule has 1 aromatic heterocycles. The van der Waals surface area contributed by atoms with Crippen LogP contribution in [0.5, 0.6) is 0 Å². The van der Waals surface area contributed by atoms with E-state index in [-0.39, 0.29) is 10.5 Å². The van der Waals surface area contributed by atoms with Crippen LogP contribution in [0.2, 0.25) is 0 Å². The molecule has 0 unspecified atom stereocenters. The fraction of sp³-hybridized carbons (Fsp3) is 0.222. The van der Waals surface area contributed by atoms with Crippen LogP contribution in [0.3, 0.4) is 0 Å². The fourth-order valence-corrected chi connectivity index (χ4v) is 2.26. The number of halogens is 1. The van der Waals surface area contributed by atoms with Crippen molar-refractivity contribution in [2.45, 2.75) is 18.4 Å². The number of aryl methyl sites for hydroxylation is 1. The van der Waals surface area contributed by atoms with Gasteiger partial charge in [-0.3, -0.25) is 4.57 Å². The van der Waals surface area contributed by atoms with Crippen molar-refractivity contribution in [3.8, 4) is 0 Å². The van der Waals surface area contributed by atoms with Crippen LogP contribution in [-0.2, 0) is 15.6 Å². The molecular formula is C9H8ClNO4S. The highest BCUT2D eigenvalue weighted by molar-refractivity contribution is 8.13. The molecule has 0 radical (unpaired) electrons. The van der Waals surface area contributed by atoms with Crippen LogP contribution in [0.15, 0.2) is 32.3 Å². The summed E-state index contributed by atoms with van der Waals surface area (Å²) in [4.78, 5) is 11.3. The Balaban J connectivity index is 2.80. The summed E-state index contributed by atoms with van der Waals surface area (Å²) in [6, 6.07) is 4.08. The van der Waals surface area contributed by atoms with E-state index in [1.54, 1.807) is 6.92 Å². The van der Waals surface area contributed by atoms with Gasteiger partial charge < -0.3 is 4.42 Å². The van der Waals surface area contributed by atoms with Crippen molar-refractivity contribution >= 4 is 30.8 Å². The van der Waals surface area contributed by atoms with E-state index in [0.29, 0.717) is 12.1 Å². The molecule has 0 saturated heterocycles. The van der Waals surface area contributed by atoms with Crippen molar-refractivity contribution in [2.75, 3.05) is 0 Å². The van der Waals surface area contributed by atoms with E-state index in [0.717, 1.165) is 0 Å². The van der Waals surface area contributed by atoms with E-state index in [1.165, 1.54) is 22.8 Å². The zero-order valence-corrected chi connectivity index (χ0v) is 9.88. The second-order valence-corrected chi connectivity index (χ2v) is 5.75. The van der Waals surface area contributed by atoms with Gasteiger partial charge in [0.15, 0.2) is 5.58 Å². The van der Waals surface area contributed by atoms with Gasteiger partial charge >= 0.3 is 5.76 Å². The van der Waals surface area contributed by atoms with Crippen LogP contribution in [0, 0.1) is 0 Å². The largest absolute Gasteiger partial charge is 0.419 e. The number of hydrogen-bond donors (Lipinski definition) is 0. The Hall–Kier alpha value is -1.27. The molecule has 0 saturated carbocycles. The molecule has 7 heteroatoms. The summed E-state index contributed by atoms with van der Waals surface area (Å²) in [5.41, 5.74) is 0.769. The molecule has 1 aromatic carbocycles. The average Bonchev–Trinajstić information content (AvgIpc) is 2.50. The smallest absolute Gasteiger partial charge is 0.408 e. The van der Waals surface area contributed by atoms with Gasteiger partial charge in [0.2, 0.25) is 0 Å². The highest BCUT2D eigenvalue weighted by Crippen LogP contribution is 2.20. The molecule has 16 heavy (non-hydrogen) atoms. The Morgan fingerprint density at radius 1 is 1.44 bits per heavy atom. The molecule has 0 aliphatic rings. The molecule has 0 aliphatic heterocycles. The Labute approximate surface area is 95.7 Å². The third kappa shape index (κ3) is 1.74. The van der Waals surface area contributed by atoms with E-state index in [9.17, 15) is 13.2 Å². The minimum atomic E-state index is -3.80. The topological polar surface area (TPSA) is 69.3 Å². The number of aromatic nitrogens is 1. The summed E-state index contributed by atoms with van der Waals surface area (Å²) < 4.78 is 28.5. The monoisotopic (exact) mass is 261 g/mol. The highest BCUT2D eigenvalue weighted by atomic mass is 35.7. The molecule has 0 bridgehead atoms. The lowest BCUT2D eigenvalue weighted by Crippen LogP contribution is -2.11. The molecule has 1 heterocycles. The van der Waals surface area contributed by atoms with Crippen molar-refractivity contribution in [1.29, 1.82) is 0 Å². The van der Waals surface area contributed by atoms with E-state index in [4.69, 9.17) is 15.1 Å². The van der Waals surface area contributed by atoms with Gasteiger partial charge in [-0.25, -0.2) is 13.2 Å². The maximum absolute atomic E-state index is 11.3. The number of benzene rings is 1. The van der Waals surface area contributed by atoms with Crippen molar-refractivity contribution in [1.82, 2.24) is 4.57 Å². The predicted octanol–water partition coefficient (Wildman–Crippen LogP) is 1.54. The molecule has 0 fully saturated rings. The first-order chi connectivity index (χ1) is 7.43. The van der Waals surface area contributed by atoms with Crippen LogP contribution in [0.1, 0.15) is 6.92 Å².